The summed E-state index contributed by atoms with van der Waals surface area (Å²) in [7, 11) is 3.22. The number of piperidine rings is 1. The molecule has 2 aromatic carbocycles. The van der Waals surface area contributed by atoms with Crippen molar-refractivity contribution < 1.29 is 14.3 Å². The highest BCUT2D eigenvalue weighted by atomic mass is 32.1. The summed E-state index contributed by atoms with van der Waals surface area (Å²) in [6.07, 6.45) is 5.34. The maximum absolute atomic E-state index is 12.4. The number of anilines is 2. The Kier molecular flexibility index (Phi) is 6.34. The van der Waals surface area contributed by atoms with E-state index in [0.717, 1.165) is 73.0 Å². The van der Waals surface area contributed by atoms with Crippen LogP contribution in [0.25, 0.3) is 0 Å². The summed E-state index contributed by atoms with van der Waals surface area (Å²) in [6.45, 7) is 2.10. The Morgan fingerprint density at radius 1 is 1.10 bits per heavy atom. The molecule has 1 aliphatic carbocycles. The van der Waals surface area contributed by atoms with Gasteiger partial charge in [0.05, 0.1) is 19.6 Å². The Morgan fingerprint density at radius 3 is 2.45 bits per heavy atom. The number of hydrogen-bond acceptors (Lipinski definition) is 6. The fourth-order valence-corrected chi connectivity index (χ4v) is 5.06. The van der Waals surface area contributed by atoms with Crippen LogP contribution < -0.4 is 25.8 Å². The predicted molar refractivity (Wildman–Crippen MR) is 127 cm³/mol. The van der Waals surface area contributed by atoms with E-state index < -0.39 is 0 Å². The maximum atomic E-state index is 12.4. The summed E-state index contributed by atoms with van der Waals surface area (Å²) in [5, 5.41) is 6.56. The van der Waals surface area contributed by atoms with Gasteiger partial charge in [0.1, 0.15) is 11.5 Å². The second-order valence-electron chi connectivity index (χ2n) is 8.48. The lowest BCUT2D eigenvalue weighted by Crippen LogP contribution is -2.40. The van der Waals surface area contributed by atoms with Crippen molar-refractivity contribution in [2.24, 2.45) is 0 Å². The molecule has 5 rings (SSSR count). The van der Waals surface area contributed by atoms with E-state index in [1.54, 1.807) is 20.3 Å². The molecule has 1 saturated carbocycles. The zero-order chi connectivity index (χ0) is 22.0. The van der Waals surface area contributed by atoms with Crippen molar-refractivity contribution in [1.82, 2.24) is 5.32 Å². The Labute approximate surface area is 189 Å². The molecule has 0 bridgehead atoms. The minimum absolute atomic E-state index is 0.194. The fourth-order valence-electron chi connectivity index (χ4n) is 4.83. The zero-order valence-electron chi connectivity index (χ0n) is 18.2. The van der Waals surface area contributed by atoms with Crippen LogP contribution in [0.4, 0.5) is 11.4 Å². The number of benzene rings is 2. The van der Waals surface area contributed by atoms with Crippen LogP contribution in [0.1, 0.15) is 49.1 Å². The quantitative estimate of drug-likeness (QED) is 0.426. The number of hydrogen-bond donors (Lipinski definition) is 4. The van der Waals surface area contributed by atoms with Gasteiger partial charge in [0.25, 0.3) is 0 Å². The van der Waals surface area contributed by atoms with E-state index in [1.165, 1.54) is 11.1 Å². The first-order valence-corrected chi connectivity index (χ1v) is 11.3. The molecule has 2 aliphatic heterocycles. The second-order valence-corrected chi connectivity index (χ2v) is 8.97. The van der Waals surface area contributed by atoms with Crippen LogP contribution in [0.2, 0.25) is 0 Å². The number of fused-ring (bicyclic) bond motifs is 2. The van der Waals surface area contributed by atoms with Gasteiger partial charge >= 0.3 is 0 Å². The van der Waals surface area contributed by atoms with Gasteiger partial charge in [-0.1, -0.05) is 6.42 Å². The average Bonchev–Trinajstić information content (AvgIpc) is 3.06. The fraction of sp³-hybridized carbons (Fsp3) is 0.458. The smallest absolute Gasteiger partial charge is 0.235 e. The van der Waals surface area contributed by atoms with E-state index >= 15 is 0 Å². The van der Waals surface area contributed by atoms with Crippen LogP contribution in [0.15, 0.2) is 35.2 Å². The average molecular weight is 442 g/mol. The van der Waals surface area contributed by atoms with Gasteiger partial charge in [0.2, 0.25) is 5.91 Å². The first-order chi connectivity index (χ1) is 15.0. The first-order valence-electron chi connectivity index (χ1n) is 10.9. The molecule has 3 aliphatic rings. The Bertz CT molecular complexity index is 969. The molecule has 2 aromatic rings. The first kappa shape index (κ1) is 21.8. The molecule has 2 heterocycles. The maximum Gasteiger partial charge on any atom is 0.235 e. The number of rotatable bonds is 3. The number of carbonyl (C=O) groups excluding carboxylic acids is 1. The van der Waals surface area contributed by atoms with Gasteiger partial charge in [-0.2, -0.15) is 0 Å². The van der Waals surface area contributed by atoms with Crippen LogP contribution in [0.3, 0.4) is 0 Å². The number of nitrogen functional groups attached to an aromatic ring is 1. The normalized spacial score (nSPS) is 19.0. The molecule has 0 radical (unpaired) electrons. The predicted octanol–water partition coefficient (Wildman–Crippen LogP) is 4.10. The van der Waals surface area contributed by atoms with Crippen LogP contribution in [-0.4, -0.2) is 33.2 Å². The summed E-state index contributed by atoms with van der Waals surface area (Å²) in [4.78, 5) is 13.2. The Hall–Kier alpha value is -2.38. The molecule has 7 heteroatoms. The van der Waals surface area contributed by atoms with Crippen LogP contribution in [-0.2, 0) is 10.2 Å². The van der Waals surface area contributed by atoms with Gasteiger partial charge in [-0.15, -0.1) is 12.6 Å². The molecule has 2 fully saturated rings. The molecule has 0 unspecified atom stereocenters. The summed E-state index contributed by atoms with van der Waals surface area (Å²) >= 11 is 4.18. The van der Waals surface area contributed by atoms with Gasteiger partial charge in [0, 0.05) is 22.3 Å². The summed E-state index contributed by atoms with van der Waals surface area (Å²) in [5.41, 5.74) is 10.2. The summed E-state index contributed by atoms with van der Waals surface area (Å²) in [6, 6.07) is 9.57. The third kappa shape index (κ3) is 4.08. The molecule has 31 heavy (non-hydrogen) atoms. The number of nitrogens with one attached hydrogen (secondary N) is 2. The molecule has 1 spiro atoms. The van der Waals surface area contributed by atoms with Crippen molar-refractivity contribution in [2.75, 3.05) is 38.4 Å². The monoisotopic (exact) mass is 441 g/mol. The molecule has 1 amide bonds. The standard InChI is InChI=1S/C16H21N3O.C8H10O2S/c17-11-8-12(10-2-6-18-7-3-10)14-13(9-11)16(4-1-5-16)15(20)19-14;1-9-6-3-4-8(11)7(5-6)10-2/h8-10,18H,1-7,17H2,(H,19,20);3-5,11H,1-2H3. The highest BCUT2D eigenvalue weighted by Gasteiger charge is 2.52. The number of nitrogens with two attached hydrogens (primary N) is 1. The molecule has 0 aromatic heterocycles. The molecule has 6 nitrogen and oxygen atoms in total. The zero-order valence-corrected chi connectivity index (χ0v) is 19.1. The molecular weight excluding hydrogens is 410 g/mol. The van der Waals surface area contributed by atoms with Crippen molar-refractivity contribution in [3.63, 3.8) is 0 Å². The van der Waals surface area contributed by atoms with E-state index in [2.05, 4.69) is 29.3 Å². The highest BCUT2D eigenvalue weighted by molar-refractivity contribution is 7.80. The Balaban J connectivity index is 0.000000180. The molecular formula is C24H31N3O3S. The largest absolute Gasteiger partial charge is 0.497 e. The van der Waals surface area contributed by atoms with Crippen molar-refractivity contribution in [3.05, 3.63) is 41.5 Å². The third-order valence-corrected chi connectivity index (χ3v) is 7.12. The van der Waals surface area contributed by atoms with E-state index in [0.29, 0.717) is 5.92 Å². The van der Waals surface area contributed by atoms with E-state index in [9.17, 15) is 4.79 Å². The van der Waals surface area contributed by atoms with Crippen molar-refractivity contribution >= 4 is 29.9 Å². The minimum atomic E-state index is -0.258. The van der Waals surface area contributed by atoms with Gasteiger partial charge < -0.3 is 25.8 Å². The van der Waals surface area contributed by atoms with Crippen LogP contribution in [0.5, 0.6) is 11.5 Å². The molecule has 1 saturated heterocycles. The lowest BCUT2D eigenvalue weighted by molar-refractivity contribution is -0.123. The van der Waals surface area contributed by atoms with E-state index in [4.69, 9.17) is 15.2 Å². The highest BCUT2D eigenvalue weighted by Crippen LogP contribution is 2.53. The number of amides is 1. The third-order valence-electron chi connectivity index (χ3n) is 6.75. The van der Waals surface area contributed by atoms with Gasteiger partial charge in [-0.05, 0) is 80.1 Å². The topological polar surface area (TPSA) is 85.6 Å². The number of thiol groups is 1. The SMILES string of the molecule is COc1ccc(S)c(OC)c1.Nc1cc(C2CCNCC2)c2c(c1)C1(CCC1)C(=O)N2. The van der Waals surface area contributed by atoms with Crippen molar-refractivity contribution in [1.29, 1.82) is 0 Å². The van der Waals surface area contributed by atoms with Crippen LogP contribution in [0, 0.1) is 0 Å². The van der Waals surface area contributed by atoms with Gasteiger partial charge in [0.15, 0.2) is 0 Å². The minimum Gasteiger partial charge on any atom is -0.497 e. The number of ether oxygens (including phenoxy) is 2. The summed E-state index contributed by atoms with van der Waals surface area (Å²) in [5.74, 6) is 2.22. The van der Waals surface area contributed by atoms with Crippen molar-refractivity contribution in [3.8, 4) is 11.5 Å². The van der Waals surface area contributed by atoms with E-state index in [-0.39, 0.29) is 11.3 Å². The van der Waals surface area contributed by atoms with Crippen molar-refractivity contribution in [2.45, 2.75) is 48.3 Å². The van der Waals surface area contributed by atoms with Gasteiger partial charge in [-0.3, -0.25) is 4.79 Å². The lowest BCUT2D eigenvalue weighted by atomic mass is 9.65. The molecule has 4 N–H and O–H groups in total. The number of carbonyl (C=O) groups is 1. The summed E-state index contributed by atoms with van der Waals surface area (Å²) < 4.78 is 10.0. The van der Waals surface area contributed by atoms with E-state index in [1.807, 2.05) is 18.2 Å². The second kappa shape index (κ2) is 9.01. The molecule has 0 atom stereocenters. The Morgan fingerprint density at radius 2 is 1.84 bits per heavy atom. The molecule has 166 valence electrons. The van der Waals surface area contributed by atoms with Gasteiger partial charge in [-0.25, -0.2) is 0 Å². The lowest BCUT2D eigenvalue weighted by Gasteiger charge is -2.36. The van der Waals surface area contributed by atoms with Crippen LogP contribution >= 0.6 is 12.6 Å². The number of methoxy groups -OCH3 is 2.